The third kappa shape index (κ3) is 1.91. The summed E-state index contributed by atoms with van der Waals surface area (Å²) >= 11 is 6.55. The number of anilines is 3. The fourth-order valence-corrected chi connectivity index (χ4v) is 3.21. The van der Waals surface area contributed by atoms with Crippen LogP contribution in [0.4, 0.5) is 17.2 Å². The maximum Gasteiger partial charge on any atom is 0.145 e. The van der Waals surface area contributed by atoms with Crippen molar-refractivity contribution in [1.29, 1.82) is 0 Å². The minimum absolute atomic E-state index is 0.151. The van der Waals surface area contributed by atoms with E-state index in [2.05, 4.69) is 27.0 Å². The molecule has 0 aliphatic carbocycles. The lowest BCUT2D eigenvalue weighted by Gasteiger charge is -2.23. The summed E-state index contributed by atoms with van der Waals surface area (Å²) in [6, 6.07) is 13.9. The summed E-state index contributed by atoms with van der Waals surface area (Å²) in [7, 11) is 0. The van der Waals surface area contributed by atoms with E-state index in [1.165, 1.54) is 5.56 Å². The Labute approximate surface area is 127 Å². The van der Waals surface area contributed by atoms with Crippen molar-refractivity contribution in [3.05, 3.63) is 54.4 Å². The summed E-state index contributed by atoms with van der Waals surface area (Å²) in [5.41, 5.74) is 9.64. The first-order valence-corrected chi connectivity index (χ1v) is 7.19. The summed E-state index contributed by atoms with van der Waals surface area (Å²) in [6.07, 6.45) is 2.37. The normalized spacial score (nSPS) is 17.2. The zero-order valence-electron chi connectivity index (χ0n) is 11.2. The highest BCUT2D eigenvalue weighted by molar-refractivity contribution is 6.23. The average Bonchev–Trinajstić information content (AvgIpc) is 2.82. The van der Waals surface area contributed by atoms with Gasteiger partial charge < -0.3 is 10.6 Å². The van der Waals surface area contributed by atoms with Crippen LogP contribution in [-0.4, -0.2) is 15.5 Å². The van der Waals surface area contributed by atoms with Gasteiger partial charge in [0.1, 0.15) is 17.6 Å². The van der Waals surface area contributed by atoms with E-state index in [1.807, 2.05) is 30.3 Å². The number of para-hydroxylation sites is 1. The Morgan fingerprint density at radius 2 is 2.00 bits per heavy atom. The van der Waals surface area contributed by atoms with Crippen LogP contribution < -0.4 is 10.6 Å². The molecule has 0 amide bonds. The molecular formula is C16H13ClN4. The minimum Gasteiger partial charge on any atom is -0.399 e. The average molecular weight is 297 g/mol. The number of fused-ring (bicyclic) bond motifs is 2. The van der Waals surface area contributed by atoms with Crippen LogP contribution in [0.2, 0.25) is 0 Å². The fourth-order valence-electron chi connectivity index (χ4n) is 2.84. The Morgan fingerprint density at radius 1 is 1.14 bits per heavy atom. The Morgan fingerprint density at radius 3 is 2.90 bits per heavy atom. The molecule has 5 heteroatoms. The molecule has 1 aliphatic heterocycles. The molecule has 104 valence electrons. The van der Waals surface area contributed by atoms with E-state index in [-0.39, 0.29) is 5.50 Å². The van der Waals surface area contributed by atoms with Gasteiger partial charge in [-0.25, -0.2) is 9.97 Å². The van der Waals surface area contributed by atoms with Gasteiger partial charge in [0.05, 0.1) is 5.52 Å². The largest absolute Gasteiger partial charge is 0.399 e. The molecule has 1 unspecified atom stereocenters. The first kappa shape index (κ1) is 12.4. The number of hydrogen-bond donors (Lipinski definition) is 1. The molecule has 0 bridgehead atoms. The number of nitrogens with zero attached hydrogens (tertiary/aromatic N) is 3. The number of nitrogens with two attached hydrogens (primary N) is 1. The van der Waals surface area contributed by atoms with Crippen LogP contribution in [0.1, 0.15) is 5.56 Å². The molecule has 21 heavy (non-hydrogen) atoms. The predicted molar refractivity (Wildman–Crippen MR) is 85.9 cm³/mol. The molecule has 1 atom stereocenters. The van der Waals surface area contributed by atoms with Crippen molar-refractivity contribution >= 4 is 39.7 Å². The van der Waals surface area contributed by atoms with Crippen LogP contribution >= 0.6 is 11.6 Å². The van der Waals surface area contributed by atoms with Gasteiger partial charge in [0.25, 0.3) is 0 Å². The lowest BCUT2D eigenvalue weighted by molar-refractivity contribution is 0.901. The van der Waals surface area contributed by atoms with Crippen LogP contribution in [0.25, 0.3) is 10.9 Å². The number of aromatic nitrogens is 2. The van der Waals surface area contributed by atoms with Crippen molar-refractivity contribution < 1.29 is 0 Å². The van der Waals surface area contributed by atoms with Crippen molar-refractivity contribution in [2.24, 2.45) is 0 Å². The van der Waals surface area contributed by atoms with E-state index in [4.69, 9.17) is 17.3 Å². The first-order valence-electron chi connectivity index (χ1n) is 6.75. The number of benzene rings is 2. The summed E-state index contributed by atoms with van der Waals surface area (Å²) < 4.78 is 0. The maximum atomic E-state index is 6.55. The van der Waals surface area contributed by atoms with Gasteiger partial charge in [0, 0.05) is 23.2 Å². The Kier molecular flexibility index (Phi) is 2.72. The fraction of sp³-hybridized carbons (Fsp3) is 0.125. The Hall–Kier alpha value is -2.33. The van der Waals surface area contributed by atoms with Crippen LogP contribution in [0.15, 0.2) is 48.8 Å². The SMILES string of the molecule is Nc1ccc2ncnc(N3c4ccccc4CC3Cl)c2c1. The molecule has 2 N–H and O–H groups in total. The second kappa shape index (κ2) is 4.60. The topological polar surface area (TPSA) is 55.0 Å². The van der Waals surface area contributed by atoms with E-state index in [0.29, 0.717) is 5.69 Å². The zero-order valence-corrected chi connectivity index (χ0v) is 12.0. The minimum atomic E-state index is -0.151. The molecule has 0 fully saturated rings. The molecule has 0 radical (unpaired) electrons. The Bertz CT molecular complexity index is 833. The van der Waals surface area contributed by atoms with Crippen molar-refractivity contribution in [3.63, 3.8) is 0 Å². The molecule has 2 aromatic carbocycles. The third-order valence-electron chi connectivity index (χ3n) is 3.79. The summed E-state index contributed by atoms with van der Waals surface area (Å²) in [6.45, 7) is 0. The number of alkyl halides is 1. The summed E-state index contributed by atoms with van der Waals surface area (Å²) in [5.74, 6) is 0.803. The van der Waals surface area contributed by atoms with Gasteiger partial charge in [0.15, 0.2) is 0 Å². The number of hydrogen-bond acceptors (Lipinski definition) is 4. The van der Waals surface area contributed by atoms with Gasteiger partial charge in [-0.1, -0.05) is 29.8 Å². The Balaban J connectivity index is 1.97. The van der Waals surface area contributed by atoms with Gasteiger partial charge in [-0.3, -0.25) is 0 Å². The molecule has 4 nitrogen and oxygen atoms in total. The van der Waals surface area contributed by atoms with Gasteiger partial charge >= 0.3 is 0 Å². The van der Waals surface area contributed by atoms with Gasteiger partial charge in [-0.15, -0.1) is 0 Å². The highest BCUT2D eigenvalue weighted by atomic mass is 35.5. The lowest BCUT2D eigenvalue weighted by atomic mass is 10.1. The standard InChI is InChI=1S/C16H13ClN4/c17-15-7-10-3-1-2-4-14(10)21(15)16-12-8-11(18)5-6-13(12)19-9-20-16/h1-6,8-9,15H,7,18H2. The van der Waals surface area contributed by atoms with E-state index in [9.17, 15) is 0 Å². The number of nitrogen functional groups attached to an aromatic ring is 1. The van der Waals surface area contributed by atoms with Crippen LogP contribution in [0.5, 0.6) is 0 Å². The quantitative estimate of drug-likeness (QED) is 0.424. The zero-order chi connectivity index (χ0) is 14.4. The van der Waals surface area contributed by atoms with E-state index >= 15 is 0 Å². The van der Waals surface area contributed by atoms with Crippen molar-refractivity contribution in [2.75, 3.05) is 10.6 Å². The second-order valence-electron chi connectivity index (χ2n) is 5.11. The summed E-state index contributed by atoms with van der Waals surface area (Å²) in [4.78, 5) is 10.8. The van der Waals surface area contributed by atoms with E-state index in [0.717, 1.165) is 28.8 Å². The molecular weight excluding hydrogens is 284 g/mol. The third-order valence-corrected chi connectivity index (χ3v) is 4.14. The molecule has 3 aromatic rings. The lowest BCUT2D eigenvalue weighted by Crippen LogP contribution is -2.23. The van der Waals surface area contributed by atoms with Gasteiger partial charge in [-0.05, 0) is 29.8 Å². The van der Waals surface area contributed by atoms with Crippen molar-refractivity contribution in [3.8, 4) is 0 Å². The molecule has 1 aromatic heterocycles. The number of halogens is 1. The summed E-state index contributed by atoms with van der Waals surface area (Å²) in [5, 5.41) is 0.917. The van der Waals surface area contributed by atoms with Gasteiger partial charge in [-0.2, -0.15) is 0 Å². The van der Waals surface area contributed by atoms with Crippen LogP contribution in [0, 0.1) is 0 Å². The first-order chi connectivity index (χ1) is 10.2. The maximum absolute atomic E-state index is 6.55. The smallest absolute Gasteiger partial charge is 0.145 e. The van der Waals surface area contributed by atoms with Crippen molar-refractivity contribution in [2.45, 2.75) is 11.9 Å². The van der Waals surface area contributed by atoms with Crippen LogP contribution in [0.3, 0.4) is 0 Å². The number of rotatable bonds is 1. The molecule has 0 saturated carbocycles. The predicted octanol–water partition coefficient (Wildman–Crippen LogP) is 3.47. The molecule has 0 spiro atoms. The van der Waals surface area contributed by atoms with E-state index < -0.39 is 0 Å². The molecule has 2 heterocycles. The molecule has 4 rings (SSSR count). The van der Waals surface area contributed by atoms with Gasteiger partial charge in [0.2, 0.25) is 0 Å². The molecule has 0 saturated heterocycles. The van der Waals surface area contributed by atoms with E-state index in [1.54, 1.807) is 6.33 Å². The second-order valence-corrected chi connectivity index (χ2v) is 5.61. The monoisotopic (exact) mass is 296 g/mol. The van der Waals surface area contributed by atoms with Crippen LogP contribution in [-0.2, 0) is 6.42 Å². The molecule has 1 aliphatic rings. The highest BCUT2D eigenvalue weighted by Gasteiger charge is 2.30. The van der Waals surface area contributed by atoms with Crippen molar-refractivity contribution in [1.82, 2.24) is 9.97 Å². The highest BCUT2D eigenvalue weighted by Crippen LogP contribution is 2.41.